The van der Waals surface area contributed by atoms with E-state index in [0.717, 1.165) is 71.1 Å². The van der Waals surface area contributed by atoms with Crippen LogP contribution in [0, 0.1) is 13.8 Å². The monoisotopic (exact) mass is 476 g/mol. The Labute approximate surface area is 204 Å². The van der Waals surface area contributed by atoms with Gasteiger partial charge in [-0.1, -0.05) is 18.2 Å². The Morgan fingerprint density at radius 2 is 1.82 bits per heavy atom. The smallest absolute Gasteiger partial charge is 0.263 e. The Morgan fingerprint density at radius 1 is 1.06 bits per heavy atom. The molecule has 5 rings (SSSR count). The molecule has 1 saturated heterocycles. The number of hydrogen-bond acceptors (Lipinski definition) is 7. The van der Waals surface area contributed by atoms with Crippen molar-refractivity contribution in [2.45, 2.75) is 33.2 Å². The molecule has 178 valence electrons. The Morgan fingerprint density at radius 3 is 2.62 bits per heavy atom. The highest BCUT2D eigenvalue weighted by Gasteiger charge is 2.22. The fourth-order valence-corrected chi connectivity index (χ4v) is 5.75. The molecule has 1 fully saturated rings. The normalized spacial score (nSPS) is 15.8. The quantitative estimate of drug-likeness (QED) is 0.451. The fraction of sp³-hybridized carbons (Fsp3) is 0.423. The maximum Gasteiger partial charge on any atom is 0.263 e. The van der Waals surface area contributed by atoms with Crippen molar-refractivity contribution in [1.29, 1.82) is 0 Å². The van der Waals surface area contributed by atoms with Gasteiger partial charge in [-0.3, -0.25) is 14.3 Å². The van der Waals surface area contributed by atoms with Gasteiger partial charge in [0.25, 0.3) is 5.56 Å². The summed E-state index contributed by atoms with van der Waals surface area (Å²) in [5, 5.41) is 5.34. The summed E-state index contributed by atoms with van der Waals surface area (Å²) in [6.45, 7) is 11.1. The summed E-state index contributed by atoms with van der Waals surface area (Å²) in [5.74, 6) is 1.72. The lowest BCUT2D eigenvalue weighted by molar-refractivity contribution is 0.191. The van der Waals surface area contributed by atoms with Gasteiger partial charge in [0, 0.05) is 56.1 Å². The van der Waals surface area contributed by atoms with Crippen molar-refractivity contribution in [2.24, 2.45) is 7.05 Å². The lowest BCUT2D eigenvalue weighted by atomic mass is 10.1. The Kier molecular flexibility index (Phi) is 6.27. The van der Waals surface area contributed by atoms with Crippen LogP contribution in [0.25, 0.3) is 21.1 Å². The minimum atomic E-state index is 0.0285. The van der Waals surface area contributed by atoms with E-state index < -0.39 is 0 Å². The van der Waals surface area contributed by atoms with Crippen LogP contribution in [-0.4, -0.2) is 58.2 Å². The summed E-state index contributed by atoms with van der Waals surface area (Å²) in [5.41, 5.74) is 2.13. The average molecular weight is 477 g/mol. The summed E-state index contributed by atoms with van der Waals surface area (Å²) in [7, 11) is 1.80. The number of piperazine rings is 1. The number of benzene rings is 1. The zero-order chi connectivity index (χ0) is 23.8. The molecule has 0 saturated carbocycles. The first kappa shape index (κ1) is 22.8. The average Bonchev–Trinajstić information content (AvgIpc) is 3.14. The minimum absolute atomic E-state index is 0.0285. The van der Waals surface area contributed by atoms with Crippen molar-refractivity contribution in [3.05, 3.63) is 57.2 Å². The van der Waals surface area contributed by atoms with Gasteiger partial charge in [0.1, 0.15) is 10.6 Å². The highest BCUT2D eigenvalue weighted by atomic mass is 32.1. The van der Waals surface area contributed by atoms with E-state index in [0.29, 0.717) is 12.0 Å². The molecule has 34 heavy (non-hydrogen) atoms. The molecule has 0 aliphatic carbocycles. The van der Waals surface area contributed by atoms with Gasteiger partial charge in [-0.2, -0.15) is 0 Å². The minimum Gasteiger partial charge on any atom is -0.355 e. The number of rotatable bonds is 6. The van der Waals surface area contributed by atoms with Crippen molar-refractivity contribution in [2.75, 3.05) is 42.9 Å². The predicted octanol–water partition coefficient (Wildman–Crippen LogP) is 4.17. The van der Waals surface area contributed by atoms with E-state index in [9.17, 15) is 4.79 Å². The van der Waals surface area contributed by atoms with Gasteiger partial charge >= 0.3 is 0 Å². The molecule has 0 spiro atoms. The first-order valence-electron chi connectivity index (χ1n) is 12.0. The fourth-order valence-electron chi connectivity index (χ4n) is 4.73. The number of aromatic nitrogens is 3. The van der Waals surface area contributed by atoms with E-state index in [1.165, 1.54) is 5.39 Å². The lowest BCUT2D eigenvalue weighted by Gasteiger charge is -2.38. The van der Waals surface area contributed by atoms with Crippen LogP contribution in [0.1, 0.15) is 23.8 Å². The molecule has 0 amide bonds. The summed E-state index contributed by atoms with van der Waals surface area (Å²) >= 11 is 1.59. The van der Waals surface area contributed by atoms with Gasteiger partial charge in [-0.05, 0) is 51.0 Å². The largest absolute Gasteiger partial charge is 0.355 e. The molecule has 7 nitrogen and oxygen atoms in total. The number of nitrogens with zero attached hydrogens (tertiary/aromatic N) is 5. The number of nitrogens with one attached hydrogen (secondary N) is 1. The highest BCUT2D eigenvalue weighted by molar-refractivity contribution is 7.18. The van der Waals surface area contributed by atoms with Gasteiger partial charge in [-0.25, -0.2) is 9.97 Å². The van der Waals surface area contributed by atoms with Crippen molar-refractivity contribution >= 4 is 44.2 Å². The summed E-state index contributed by atoms with van der Waals surface area (Å²) < 4.78 is 1.64. The van der Waals surface area contributed by atoms with Crippen LogP contribution in [0.4, 0.5) is 11.8 Å². The number of anilines is 2. The first-order valence-corrected chi connectivity index (χ1v) is 12.8. The van der Waals surface area contributed by atoms with Gasteiger partial charge in [0.2, 0.25) is 5.95 Å². The maximum atomic E-state index is 12.8. The number of fused-ring (bicyclic) bond motifs is 2. The molecule has 4 aromatic rings. The molecule has 4 heterocycles. The molecule has 3 aromatic heterocycles. The Balaban J connectivity index is 1.16. The lowest BCUT2D eigenvalue weighted by Crippen LogP contribution is -2.50. The molecule has 1 unspecified atom stereocenters. The number of pyridine rings is 1. The van der Waals surface area contributed by atoms with E-state index in [4.69, 9.17) is 9.97 Å². The van der Waals surface area contributed by atoms with Crippen LogP contribution in [-0.2, 0) is 7.05 Å². The van der Waals surface area contributed by atoms with E-state index >= 15 is 0 Å². The summed E-state index contributed by atoms with van der Waals surface area (Å²) in [4.78, 5) is 29.3. The second-order valence-corrected chi connectivity index (χ2v) is 10.4. The van der Waals surface area contributed by atoms with Gasteiger partial charge in [-0.15, -0.1) is 11.3 Å². The molecule has 0 radical (unpaired) electrons. The molecule has 1 aromatic carbocycles. The van der Waals surface area contributed by atoms with Crippen LogP contribution < -0.4 is 15.8 Å². The molecule has 8 heteroatoms. The molecule has 0 bridgehead atoms. The number of aryl methyl sites for hydroxylation is 2. The van der Waals surface area contributed by atoms with Crippen LogP contribution in [0.3, 0.4) is 0 Å². The molecular formula is C26H32N6OS. The van der Waals surface area contributed by atoms with E-state index in [1.54, 1.807) is 23.0 Å². The Hall–Kier alpha value is -2.97. The first-order chi connectivity index (χ1) is 16.4. The third-order valence-electron chi connectivity index (χ3n) is 7.10. The van der Waals surface area contributed by atoms with Crippen molar-refractivity contribution in [1.82, 2.24) is 19.4 Å². The summed E-state index contributed by atoms with van der Waals surface area (Å²) in [6, 6.07) is 13.0. The van der Waals surface area contributed by atoms with E-state index in [-0.39, 0.29) is 5.56 Å². The SMILES string of the molecule is Cc1sc2nc(NCCC(C)N3CCN(c4ccc5ccccc5n4)CC3)n(C)c(=O)c2c1C. The topological polar surface area (TPSA) is 66.3 Å². The van der Waals surface area contributed by atoms with Gasteiger partial charge in [0.15, 0.2) is 0 Å². The molecule has 1 atom stereocenters. The van der Waals surface area contributed by atoms with Crippen LogP contribution >= 0.6 is 11.3 Å². The summed E-state index contributed by atoms with van der Waals surface area (Å²) in [6.07, 6.45) is 0.991. The maximum absolute atomic E-state index is 12.8. The zero-order valence-corrected chi connectivity index (χ0v) is 21.2. The number of hydrogen-bond donors (Lipinski definition) is 1. The van der Waals surface area contributed by atoms with E-state index in [1.807, 2.05) is 19.9 Å². The standard InChI is InChI=1S/C26H32N6OS/c1-17(11-12-27-26-29-24-23(25(33)30(26)4)18(2)19(3)34-24)31-13-15-32(16-14-31)22-10-9-20-7-5-6-8-21(20)28-22/h5-10,17H,11-16H2,1-4H3,(H,27,29). The van der Waals surface area contributed by atoms with Crippen molar-refractivity contribution in [3.8, 4) is 0 Å². The zero-order valence-electron chi connectivity index (χ0n) is 20.3. The highest BCUT2D eigenvalue weighted by Crippen LogP contribution is 2.27. The number of para-hydroxylation sites is 1. The van der Waals surface area contributed by atoms with Crippen molar-refractivity contribution in [3.63, 3.8) is 0 Å². The van der Waals surface area contributed by atoms with E-state index in [2.05, 4.69) is 52.4 Å². The van der Waals surface area contributed by atoms with Gasteiger partial charge in [0.05, 0.1) is 10.9 Å². The molecule has 1 aliphatic rings. The third kappa shape index (κ3) is 4.28. The third-order valence-corrected chi connectivity index (χ3v) is 8.20. The van der Waals surface area contributed by atoms with Crippen LogP contribution in [0.2, 0.25) is 0 Å². The Bertz CT molecular complexity index is 1390. The van der Waals surface area contributed by atoms with Crippen molar-refractivity contribution < 1.29 is 0 Å². The molecular weight excluding hydrogens is 444 g/mol. The second kappa shape index (κ2) is 9.35. The van der Waals surface area contributed by atoms with Crippen LogP contribution in [0.15, 0.2) is 41.2 Å². The van der Waals surface area contributed by atoms with Crippen LogP contribution in [0.5, 0.6) is 0 Å². The number of thiophene rings is 1. The predicted molar refractivity (Wildman–Crippen MR) is 142 cm³/mol. The second-order valence-electron chi connectivity index (χ2n) is 9.21. The molecule has 1 N–H and O–H groups in total. The van der Waals surface area contributed by atoms with Gasteiger partial charge < -0.3 is 10.2 Å². The molecule has 1 aliphatic heterocycles.